The molecule has 3 heteroatoms. The standard InChI is InChI=1S/C9H19NO2/c1-3-5-6-8-9(7-4-2)10(11)12/h9H,3-8H2,1-2H3. The number of nitrogens with zero attached hydrogens (tertiary/aromatic N) is 1. The Morgan fingerprint density at radius 1 is 1.17 bits per heavy atom. The van der Waals surface area contributed by atoms with Gasteiger partial charge in [-0.2, -0.15) is 0 Å². The Labute approximate surface area is 74.3 Å². The van der Waals surface area contributed by atoms with Gasteiger partial charge in [0.2, 0.25) is 6.04 Å². The minimum atomic E-state index is -0.290. The van der Waals surface area contributed by atoms with E-state index < -0.39 is 0 Å². The number of rotatable bonds is 7. The van der Waals surface area contributed by atoms with Crippen molar-refractivity contribution in [1.82, 2.24) is 0 Å². The van der Waals surface area contributed by atoms with Gasteiger partial charge in [0, 0.05) is 17.8 Å². The van der Waals surface area contributed by atoms with Gasteiger partial charge in [-0.3, -0.25) is 10.1 Å². The van der Waals surface area contributed by atoms with Gasteiger partial charge >= 0.3 is 0 Å². The lowest BCUT2D eigenvalue weighted by atomic mass is 10.1. The smallest absolute Gasteiger partial charge is 0.213 e. The molecule has 1 atom stereocenters. The third kappa shape index (κ3) is 5.10. The van der Waals surface area contributed by atoms with Gasteiger partial charge < -0.3 is 0 Å². The Morgan fingerprint density at radius 2 is 1.83 bits per heavy atom. The van der Waals surface area contributed by atoms with Crippen LogP contribution < -0.4 is 0 Å². The quantitative estimate of drug-likeness (QED) is 0.337. The maximum atomic E-state index is 10.5. The van der Waals surface area contributed by atoms with E-state index in [1.807, 2.05) is 6.92 Å². The van der Waals surface area contributed by atoms with Gasteiger partial charge in [0.15, 0.2) is 0 Å². The fraction of sp³-hybridized carbons (Fsp3) is 1.00. The van der Waals surface area contributed by atoms with Gasteiger partial charge in [-0.1, -0.05) is 26.7 Å². The zero-order valence-electron chi connectivity index (χ0n) is 8.08. The van der Waals surface area contributed by atoms with Crippen molar-refractivity contribution in [2.24, 2.45) is 0 Å². The molecule has 0 rings (SSSR count). The second kappa shape index (κ2) is 7.07. The second-order valence-corrected chi connectivity index (χ2v) is 3.22. The molecule has 0 fully saturated rings. The molecule has 0 bridgehead atoms. The molecule has 0 aliphatic carbocycles. The van der Waals surface area contributed by atoms with Crippen molar-refractivity contribution in [2.75, 3.05) is 0 Å². The van der Waals surface area contributed by atoms with Gasteiger partial charge in [-0.15, -0.1) is 0 Å². The van der Waals surface area contributed by atoms with E-state index in [0.29, 0.717) is 0 Å². The summed E-state index contributed by atoms with van der Waals surface area (Å²) in [6.07, 6.45) is 5.66. The molecule has 0 aromatic carbocycles. The number of nitro groups is 1. The summed E-state index contributed by atoms with van der Waals surface area (Å²) < 4.78 is 0. The lowest BCUT2D eigenvalue weighted by Crippen LogP contribution is -2.18. The highest BCUT2D eigenvalue weighted by Crippen LogP contribution is 2.10. The summed E-state index contributed by atoms with van der Waals surface area (Å²) in [4.78, 5) is 10.4. The first-order valence-electron chi connectivity index (χ1n) is 4.85. The summed E-state index contributed by atoms with van der Waals surface area (Å²) in [6, 6.07) is -0.290. The Bertz CT molecular complexity index is 126. The molecule has 0 N–H and O–H groups in total. The van der Waals surface area contributed by atoms with Crippen LogP contribution in [0.4, 0.5) is 0 Å². The van der Waals surface area contributed by atoms with Crippen LogP contribution in [0.3, 0.4) is 0 Å². The molecule has 0 saturated carbocycles. The van der Waals surface area contributed by atoms with Crippen molar-refractivity contribution in [2.45, 2.75) is 58.4 Å². The Kier molecular flexibility index (Phi) is 6.72. The van der Waals surface area contributed by atoms with Gasteiger partial charge in [0.1, 0.15) is 0 Å². The Balaban J connectivity index is 3.56. The minimum absolute atomic E-state index is 0.126. The molecule has 72 valence electrons. The molecule has 1 unspecified atom stereocenters. The molecule has 0 heterocycles. The second-order valence-electron chi connectivity index (χ2n) is 3.22. The number of hydrogen-bond donors (Lipinski definition) is 0. The first-order valence-corrected chi connectivity index (χ1v) is 4.85. The van der Waals surface area contributed by atoms with Crippen LogP contribution in [0.15, 0.2) is 0 Å². The normalized spacial score (nSPS) is 12.8. The van der Waals surface area contributed by atoms with Crippen molar-refractivity contribution < 1.29 is 4.92 Å². The van der Waals surface area contributed by atoms with Crippen LogP contribution in [0.5, 0.6) is 0 Å². The van der Waals surface area contributed by atoms with Crippen molar-refractivity contribution in [1.29, 1.82) is 0 Å². The van der Waals surface area contributed by atoms with Crippen molar-refractivity contribution in [3.05, 3.63) is 10.1 Å². The van der Waals surface area contributed by atoms with Crippen LogP contribution in [0, 0.1) is 10.1 Å². The largest absolute Gasteiger partial charge is 0.264 e. The Morgan fingerprint density at radius 3 is 2.25 bits per heavy atom. The molecule has 0 aliphatic rings. The van der Waals surface area contributed by atoms with Gasteiger partial charge in [0.05, 0.1) is 0 Å². The fourth-order valence-corrected chi connectivity index (χ4v) is 1.32. The molecular formula is C9H19NO2. The zero-order valence-corrected chi connectivity index (χ0v) is 8.08. The predicted molar refractivity (Wildman–Crippen MR) is 49.8 cm³/mol. The molecule has 0 aliphatic heterocycles. The summed E-state index contributed by atoms with van der Waals surface area (Å²) in [5.74, 6) is 0. The molecule has 0 radical (unpaired) electrons. The lowest BCUT2D eigenvalue weighted by molar-refractivity contribution is -0.524. The van der Waals surface area contributed by atoms with Crippen LogP contribution in [0.2, 0.25) is 0 Å². The van der Waals surface area contributed by atoms with E-state index in [4.69, 9.17) is 0 Å². The zero-order chi connectivity index (χ0) is 9.40. The van der Waals surface area contributed by atoms with E-state index in [1.165, 1.54) is 0 Å². The molecule has 0 saturated heterocycles. The van der Waals surface area contributed by atoms with Crippen LogP contribution in [0.1, 0.15) is 52.4 Å². The van der Waals surface area contributed by atoms with E-state index in [2.05, 4.69) is 6.92 Å². The highest BCUT2D eigenvalue weighted by atomic mass is 16.6. The van der Waals surface area contributed by atoms with Crippen LogP contribution in [-0.4, -0.2) is 11.0 Å². The van der Waals surface area contributed by atoms with E-state index in [0.717, 1.165) is 38.5 Å². The van der Waals surface area contributed by atoms with E-state index in [1.54, 1.807) is 0 Å². The molecule has 0 spiro atoms. The molecule has 3 nitrogen and oxygen atoms in total. The van der Waals surface area contributed by atoms with Gasteiger partial charge in [-0.25, -0.2) is 0 Å². The van der Waals surface area contributed by atoms with Crippen LogP contribution >= 0.6 is 0 Å². The average Bonchev–Trinajstić information content (AvgIpc) is 2.03. The summed E-state index contributed by atoms with van der Waals surface area (Å²) in [5, 5.41) is 10.5. The molecular weight excluding hydrogens is 154 g/mol. The summed E-state index contributed by atoms with van der Waals surface area (Å²) >= 11 is 0. The predicted octanol–water partition coefficient (Wildman–Crippen LogP) is 3.01. The lowest BCUT2D eigenvalue weighted by Gasteiger charge is -2.06. The fourth-order valence-electron chi connectivity index (χ4n) is 1.32. The van der Waals surface area contributed by atoms with Crippen LogP contribution in [0.25, 0.3) is 0 Å². The molecule has 0 amide bonds. The Hall–Kier alpha value is -0.600. The van der Waals surface area contributed by atoms with E-state index in [-0.39, 0.29) is 11.0 Å². The minimum Gasteiger partial charge on any atom is -0.264 e. The first-order chi connectivity index (χ1) is 5.72. The highest BCUT2D eigenvalue weighted by Gasteiger charge is 2.17. The van der Waals surface area contributed by atoms with Gasteiger partial charge in [-0.05, 0) is 12.8 Å². The average molecular weight is 173 g/mol. The van der Waals surface area contributed by atoms with Gasteiger partial charge in [0.25, 0.3) is 0 Å². The summed E-state index contributed by atoms with van der Waals surface area (Å²) in [5.41, 5.74) is 0. The molecule has 0 aromatic heterocycles. The monoisotopic (exact) mass is 173 g/mol. The number of hydrogen-bond acceptors (Lipinski definition) is 2. The number of unbranched alkanes of at least 4 members (excludes halogenated alkanes) is 2. The third-order valence-electron chi connectivity index (χ3n) is 2.06. The highest BCUT2D eigenvalue weighted by molar-refractivity contribution is 4.55. The maximum absolute atomic E-state index is 10.5. The van der Waals surface area contributed by atoms with Crippen molar-refractivity contribution >= 4 is 0 Å². The van der Waals surface area contributed by atoms with E-state index >= 15 is 0 Å². The SMILES string of the molecule is CCCCCC(CCC)[N+](=O)[O-]. The third-order valence-corrected chi connectivity index (χ3v) is 2.06. The van der Waals surface area contributed by atoms with E-state index in [9.17, 15) is 10.1 Å². The summed E-state index contributed by atoms with van der Waals surface area (Å²) in [6.45, 7) is 4.11. The maximum Gasteiger partial charge on any atom is 0.213 e. The van der Waals surface area contributed by atoms with Crippen molar-refractivity contribution in [3.8, 4) is 0 Å². The van der Waals surface area contributed by atoms with Crippen molar-refractivity contribution in [3.63, 3.8) is 0 Å². The summed E-state index contributed by atoms with van der Waals surface area (Å²) in [7, 11) is 0. The topological polar surface area (TPSA) is 43.1 Å². The molecule has 12 heavy (non-hydrogen) atoms. The van der Waals surface area contributed by atoms with Crippen LogP contribution in [-0.2, 0) is 0 Å². The molecule has 0 aromatic rings. The first kappa shape index (κ1) is 11.4.